The molecule has 27 heavy (non-hydrogen) atoms. The molecular weight excluding hydrogens is 364 g/mol. The lowest BCUT2D eigenvalue weighted by atomic mass is 9.84. The maximum Gasteiger partial charge on any atom is 0.216 e. The van der Waals surface area contributed by atoms with Gasteiger partial charge in [0.2, 0.25) is 10.0 Å². The normalized spacial score (nSPS) is 23.6. The molecule has 2 aromatic heterocycles. The van der Waals surface area contributed by atoms with E-state index in [1.54, 1.807) is 8.99 Å². The third-order valence-electron chi connectivity index (χ3n) is 6.52. The molecule has 3 aliphatic rings. The van der Waals surface area contributed by atoms with E-state index in [0.717, 1.165) is 55.9 Å². The average Bonchev–Trinajstić information content (AvgIpc) is 3.30. The van der Waals surface area contributed by atoms with Crippen LogP contribution in [0.1, 0.15) is 31.5 Å². The molecule has 2 aromatic rings. The topological polar surface area (TPSA) is 76.3 Å². The van der Waals surface area contributed by atoms with Crippen molar-refractivity contribution < 1.29 is 8.42 Å². The van der Waals surface area contributed by atoms with E-state index in [1.807, 2.05) is 25.6 Å². The Labute approximate surface area is 159 Å². The number of fused-ring (bicyclic) bond motifs is 2. The molecule has 5 rings (SSSR count). The standard InChI is InChI=1S/C18H26N6O2S/c1-21-9-10-24-16(14-11-20-22(2)13-14)12-19-17(24)18(21)5-7-23(8-6-18)27(25,26)15-3-4-15/h11-13,15H,3-10H2,1-2H3. The van der Waals surface area contributed by atoms with Gasteiger partial charge in [-0.2, -0.15) is 5.10 Å². The highest BCUT2D eigenvalue weighted by Gasteiger charge is 2.49. The Morgan fingerprint density at radius 1 is 1.07 bits per heavy atom. The number of nitrogens with zero attached hydrogens (tertiary/aromatic N) is 6. The Balaban J connectivity index is 1.47. The second-order valence-electron chi connectivity index (χ2n) is 8.12. The van der Waals surface area contributed by atoms with Crippen molar-refractivity contribution in [1.29, 1.82) is 0 Å². The van der Waals surface area contributed by atoms with Gasteiger partial charge >= 0.3 is 0 Å². The molecule has 2 fully saturated rings. The number of sulfonamides is 1. The van der Waals surface area contributed by atoms with Gasteiger partial charge < -0.3 is 4.57 Å². The zero-order valence-electron chi connectivity index (χ0n) is 15.9. The van der Waals surface area contributed by atoms with Crippen molar-refractivity contribution in [2.75, 3.05) is 26.7 Å². The summed E-state index contributed by atoms with van der Waals surface area (Å²) in [7, 11) is 0.967. The van der Waals surface area contributed by atoms with Gasteiger partial charge in [-0.1, -0.05) is 0 Å². The monoisotopic (exact) mass is 390 g/mol. The van der Waals surface area contributed by atoms with Crippen LogP contribution in [0.2, 0.25) is 0 Å². The van der Waals surface area contributed by atoms with Crippen LogP contribution in [0.4, 0.5) is 0 Å². The van der Waals surface area contributed by atoms with Crippen LogP contribution >= 0.6 is 0 Å². The van der Waals surface area contributed by atoms with Crippen molar-refractivity contribution in [2.24, 2.45) is 7.05 Å². The average molecular weight is 391 g/mol. The summed E-state index contributed by atoms with van der Waals surface area (Å²) in [5.41, 5.74) is 1.98. The number of piperidine rings is 1. The number of aryl methyl sites for hydroxylation is 1. The summed E-state index contributed by atoms with van der Waals surface area (Å²) in [6.45, 7) is 2.99. The summed E-state index contributed by atoms with van der Waals surface area (Å²) in [5, 5.41) is 4.16. The van der Waals surface area contributed by atoms with Crippen LogP contribution < -0.4 is 0 Å². The molecular formula is C18H26N6O2S. The lowest BCUT2D eigenvalue weighted by Gasteiger charge is -2.49. The number of likely N-dealkylation sites (N-methyl/N-ethyl adjacent to an activating group) is 1. The van der Waals surface area contributed by atoms with Crippen LogP contribution in [0.5, 0.6) is 0 Å². The predicted octanol–water partition coefficient (Wildman–Crippen LogP) is 1.01. The van der Waals surface area contributed by atoms with Gasteiger partial charge in [-0.25, -0.2) is 17.7 Å². The Hall–Kier alpha value is -1.71. The van der Waals surface area contributed by atoms with Crippen LogP contribution in [0.15, 0.2) is 18.6 Å². The van der Waals surface area contributed by atoms with Crippen LogP contribution in [0, 0.1) is 0 Å². The summed E-state index contributed by atoms with van der Waals surface area (Å²) in [6.07, 6.45) is 9.06. The highest BCUT2D eigenvalue weighted by molar-refractivity contribution is 7.90. The second-order valence-corrected chi connectivity index (χ2v) is 10.3. The first-order chi connectivity index (χ1) is 12.9. The fourth-order valence-corrected chi connectivity index (χ4v) is 6.53. The third kappa shape index (κ3) is 2.59. The minimum absolute atomic E-state index is 0.130. The molecule has 9 heteroatoms. The third-order valence-corrected chi connectivity index (χ3v) is 8.92. The van der Waals surface area contributed by atoms with Gasteiger partial charge in [0.15, 0.2) is 0 Å². The molecule has 0 atom stereocenters. The van der Waals surface area contributed by atoms with Gasteiger partial charge in [-0.15, -0.1) is 0 Å². The minimum Gasteiger partial charge on any atom is -0.325 e. The molecule has 146 valence electrons. The first-order valence-electron chi connectivity index (χ1n) is 9.67. The predicted molar refractivity (Wildman–Crippen MR) is 101 cm³/mol. The van der Waals surface area contributed by atoms with E-state index in [2.05, 4.69) is 21.6 Å². The Bertz CT molecular complexity index is 966. The van der Waals surface area contributed by atoms with E-state index >= 15 is 0 Å². The van der Waals surface area contributed by atoms with Crippen LogP contribution in [0.25, 0.3) is 11.3 Å². The molecule has 2 aliphatic heterocycles. The number of aromatic nitrogens is 4. The summed E-state index contributed by atoms with van der Waals surface area (Å²) in [4.78, 5) is 7.20. The van der Waals surface area contributed by atoms with Gasteiger partial charge in [-0.05, 0) is 32.7 Å². The molecule has 1 saturated heterocycles. The van der Waals surface area contributed by atoms with Crippen molar-refractivity contribution in [3.05, 3.63) is 24.4 Å². The summed E-state index contributed by atoms with van der Waals surface area (Å²) in [5.74, 6) is 1.07. The largest absolute Gasteiger partial charge is 0.325 e. The number of rotatable bonds is 3. The lowest BCUT2D eigenvalue weighted by molar-refractivity contribution is 0.0274. The SMILES string of the molecule is CN1CCn2c(-c3cnn(C)c3)cnc2C12CCN(S(=O)(=O)C1CC1)CC2. The lowest BCUT2D eigenvalue weighted by Crippen LogP contribution is -2.57. The highest BCUT2D eigenvalue weighted by Crippen LogP contribution is 2.43. The van der Waals surface area contributed by atoms with Crippen LogP contribution in [-0.2, 0) is 29.2 Å². The van der Waals surface area contributed by atoms with Gasteiger partial charge in [0.25, 0.3) is 0 Å². The maximum atomic E-state index is 12.6. The maximum absolute atomic E-state index is 12.6. The Kier molecular flexibility index (Phi) is 3.80. The van der Waals surface area contributed by atoms with Crippen LogP contribution in [-0.4, -0.2) is 68.9 Å². The highest BCUT2D eigenvalue weighted by atomic mass is 32.2. The number of imidazole rings is 1. The van der Waals surface area contributed by atoms with E-state index in [9.17, 15) is 8.42 Å². The van der Waals surface area contributed by atoms with E-state index in [1.165, 1.54) is 0 Å². The first-order valence-corrected chi connectivity index (χ1v) is 11.2. The van der Waals surface area contributed by atoms with Crippen molar-refractivity contribution in [1.82, 2.24) is 28.5 Å². The van der Waals surface area contributed by atoms with Crippen molar-refractivity contribution >= 4 is 10.0 Å². The quantitative estimate of drug-likeness (QED) is 0.782. The first kappa shape index (κ1) is 17.4. The van der Waals surface area contributed by atoms with Crippen molar-refractivity contribution in [3.8, 4) is 11.3 Å². The van der Waals surface area contributed by atoms with Crippen LogP contribution in [0.3, 0.4) is 0 Å². The molecule has 0 aromatic carbocycles. The number of hydrogen-bond donors (Lipinski definition) is 0. The Morgan fingerprint density at radius 2 is 1.81 bits per heavy atom. The molecule has 4 heterocycles. The fourth-order valence-electron chi connectivity index (χ4n) is 4.68. The minimum atomic E-state index is -3.10. The molecule has 0 unspecified atom stereocenters. The fraction of sp³-hybridized carbons (Fsp3) is 0.667. The molecule has 0 N–H and O–H groups in total. The molecule has 1 saturated carbocycles. The molecule has 0 radical (unpaired) electrons. The smallest absolute Gasteiger partial charge is 0.216 e. The Morgan fingerprint density at radius 3 is 2.44 bits per heavy atom. The van der Waals surface area contributed by atoms with E-state index < -0.39 is 10.0 Å². The second kappa shape index (κ2) is 5.89. The van der Waals surface area contributed by atoms with Gasteiger partial charge in [0, 0.05) is 45.0 Å². The molecule has 1 spiro atoms. The van der Waals surface area contributed by atoms with Crippen molar-refractivity contribution in [3.63, 3.8) is 0 Å². The molecule has 0 amide bonds. The van der Waals surface area contributed by atoms with E-state index in [-0.39, 0.29) is 10.8 Å². The van der Waals surface area contributed by atoms with Gasteiger partial charge in [0.05, 0.1) is 28.9 Å². The summed E-state index contributed by atoms with van der Waals surface area (Å²) < 4.78 is 31.1. The van der Waals surface area contributed by atoms with Gasteiger partial charge in [0.1, 0.15) is 5.82 Å². The molecule has 0 bridgehead atoms. The molecule has 1 aliphatic carbocycles. The zero-order valence-corrected chi connectivity index (χ0v) is 16.7. The van der Waals surface area contributed by atoms with E-state index in [4.69, 9.17) is 4.98 Å². The summed E-state index contributed by atoms with van der Waals surface area (Å²) >= 11 is 0. The van der Waals surface area contributed by atoms with E-state index in [0.29, 0.717) is 13.1 Å². The van der Waals surface area contributed by atoms with Crippen molar-refractivity contribution in [2.45, 2.75) is 43.0 Å². The zero-order chi connectivity index (χ0) is 18.8. The number of hydrogen-bond acceptors (Lipinski definition) is 5. The van der Waals surface area contributed by atoms with Gasteiger partial charge in [-0.3, -0.25) is 9.58 Å². The molecule has 8 nitrogen and oxygen atoms in total. The summed E-state index contributed by atoms with van der Waals surface area (Å²) in [6, 6.07) is 0.